The molecule has 0 aliphatic carbocycles. The van der Waals surface area contributed by atoms with Crippen LogP contribution in [0.15, 0.2) is 0 Å². The molecule has 0 rings (SSSR count). The van der Waals surface area contributed by atoms with Gasteiger partial charge in [-0.3, -0.25) is 9.59 Å². The molecule has 0 aromatic carbocycles. The summed E-state index contributed by atoms with van der Waals surface area (Å²) < 4.78 is 5.44. The second kappa shape index (κ2) is 38.3. The quantitative estimate of drug-likeness (QED) is 0.0533. The maximum absolute atomic E-state index is 12.1. The van der Waals surface area contributed by atoms with Crippen LogP contribution in [0, 0.1) is 0 Å². The van der Waals surface area contributed by atoms with Crippen LogP contribution in [0.4, 0.5) is 0 Å². The van der Waals surface area contributed by atoms with E-state index in [1.165, 1.54) is 167 Å². The predicted molar refractivity (Wildman–Crippen MR) is 201 cm³/mol. The Labute approximate surface area is 288 Å². The number of hydrogen-bond donors (Lipinski definition) is 1. The van der Waals surface area contributed by atoms with Gasteiger partial charge in [0.15, 0.2) is 0 Å². The van der Waals surface area contributed by atoms with Crippen LogP contribution in [0.1, 0.15) is 219 Å². The molecule has 0 heterocycles. The van der Waals surface area contributed by atoms with E-state index in [1.54, 1.807) is 0 Å². The third kappa shape index (κ3) is 37.4. The number of hydrogen-bond acceptors (Lipinski definition) is 4. The first-order chi connectivity index (χ1) is 22.6. The van der Waals surface area contributed by atoms with Crippen molar-refractivity contribution in [2.24, 2.45) is 0 Å². The average molecular weight is 651 g/mol. The summed E-state index contributed by atoms with van der Waals surface area (Å²) in [4.78, 5) is 26.3. The summed E-state index contributed by atoms with van der Waals surface area (Å²) >= 11 is 0. The van der Waals surface area contributed by atoms with Gasteiger partial charge in [-0.25, -0.2) is 0 Å². The molecule has 5 nitrogen and oxygen atoms in total. The number of rotatable bonds is 38. The first kappa shape index (κ1) is 44.9. The zero-order valence-corrected chi connectivity index (χ0v) is 31.6. The van der Waals surface area contributed by atoms with Crippen LogP contribution in [-0.4, -0.2) is 50.1 Å². The molecule has 0 fully saturated rings. The van der Waals surface area contributed by atoms with Crippen LogP contribution in [0.3, 0.4) is 0 Å². The van der Waals surface area contributed by atoms with E-state index in [9.17, 15) is 9.59 Å². The van der Waals surface area contributed by atoms with Gasteiger partial charge in [-0.05, 0) is 32.9 Å². The topological polar surface area (TPSA) is 58.6 Å². The number of nitrogens with zero attached hydrogens (tertiary/aromatic N) is 1. The Bertz CT molecular complexity index is 575. The Kier molecular flexibility index (Phi) is 37.4. The van der Waals surface area contributed by atoms with Gasteiger partial charge in [0.05, 0.1) is 0 Å². The van der Waals surface area contributed by atoms with Gasteiger partial charge in [0, 0.05) is 25.9 Å². The summed E-state index contributed by atoms with van der Waals surface area (Å²) in [5, 5.41) is 3.09. The molecule has 0 unspecified atom stereocenters. The minimum Gasteiger partial charge on any atom is -0.464 e. The lowest BCUT2D eigenvalue weighted by atomic mass is 10.0. The molecule has 0 aromatic rings. The van der Waals surface area contributed by atoms with Crippen molar-refractivity contribution >= 4 is 11.9 Å². The molecular formula is C41H82N2O3. The van der Waals surface area contributed by atoms with Crippen LogP contribution in [0.5, 0.6) is 0 Å². The minimum atomic E-state index is -0.0639. The van der Waals surface area contributed by atoms with Crippen molar-refractivity contribution in [1.29, 1.82) is 0 Å². The lowest BCUT2D eigenvalue weighted by Gasteiger charge is -2.16. The van der Waals surface area contributed by atoms with Crippen molar-refractivity contribution in [3.63, 3.8) is 0 Å². The Balaban J connectivity index is 3.36. The number of amides is 1. The van der Waals surface area contributed by atoms with Gasteiger partial charge in [0.1, 0.15) is 6.61 Å². The maximum Gasteiger partial charge on any atom is 0.305 e. The van der Waals surface area contributed by atoms with E-state index in [2.05, 4.69) is 24.1 Å². The Morgan fingerprint density at radius 2 is 0.826 bits per heavy atom. The molecule has 0 saturated heterocycles. The lowest BCUT2D eigenvalue weighted by Crippen LogP contribution is -2.28. The number of unbranched alkanes of at least 4 members (excludes halogenated alkanes) is 27. The van der Waals surface area contributed by atoms with Gasteiger partial charge in [0.25, 0.3) is 0 Å². The van der Waals surface area contributed by atoms with E-state index in [0.717, 1.165) is 45.3 Å². The SMILES string of the molecule is CCCCCCCCCCCCCCCCCC(=O)OCCN(C)CCCC(=O)NCCCCCCCCCCCCCCCC. The highest BCUT2D eigenvalue weighted by atomic mass is 16.5. The van der Waals surface area contributed by atoms with Crippen molar-refractivity contribution < 1.29 is 14.3 Å². The van der Waals surface area contributed by atoms with Gasteiger partial charge >= 0.3 is 5.97 Å². The molecule has 0 radical (unpaired) electrons. The van der Waals surface area contributed by atoms with Gasteiger partial charge in [-0.1, -0.05) is 187 Å². The lowest BCUT2D eigenvalue weighted by molar-refractivity contribution is -0.144. The maximum atomic E-state index is 12.1. The molecular weight excluding hydrogens is 568 g/mol. The smallest absolute Gasteiger partial charge is 0.305 e. The van der Waals surface area contributed by atoms with Crippen molar-refractivity contribution in [2.75, 3.05) is 33.3 Å². The van der Waals surface area contributed by atoms with Gasteiger partial charge in [-0.2, -0.15) is 0 Å². The van der Waals surface area contributed by atoms with E-state index in [-0.39, 0.29) is 11.9 Å². The first-order valence-corrected chi connectivity index (χ1v) is 20.7. The summed E-state index contributed by atoms with van der Waals surface area (Å²) in [7, 11) is 2.04. The second-order valence-electron chi connectivity index (χ2n) is 14.3. The minimum absolute atomic E-state index is 0.0639. The Morgan fingerprint density at radius 1 is 0.457 bits per heavy atom. The number of esters is 1. The predicted octanol–water partition coefficient (Wildman–Crippen LogP) is 12.1. The fraction of sp³-hybridized carbons (Fsp3) is 0.951. The summed E-state index contributed by atoms with van der Waals surface area (Å²) in [6.45, 7) is 7.39. The standard InChI is InChI=1S/C41H82N2O3/c1-4-6-8-10-12-14-16-18-20-21-23-25-27-29-31-35-41(45)46-39-38-43(3)37-33-34-40(44)42-36-32-30-28-26-24-22-19-17-15-13-11-9-7-5-2/h4-39H2,1-3H3,(H,42,44). The largest absolute Gasteiger partial charge is 0.464 e. The fourth-order valence-corrected chi connectivity index (χ4v) is 6.29. The third-order valence-corrected chi connectivity index (χ3v) is 9.52. The number of carbonyl (C=O) groups excluding carboxylic acids is 2. The first-order valence-electron chi connectivity index (χ1n) is 20.7. The van der Waals surface area contributed by atoms with Gasteiger partial charge in [-0.15, -0.1) is 0 Å². The number of ether oxygens (including phenoxy) is 1. The molecule has 0 saturated carbocycles. The Hall–Kier alpha value is -1.10. The van der Waals surface area contributed by atoms with Crippen molar-refractivity contribution in [3.8, 4) is 0 Å². The molecule has 5 heteroatoms. The summed E-state index contributed by atoms with van der Waals surface area (Å²) in [5.41, 5.74) is 0. The summed E-state index contributed by atoms with van der Waals surface area (Å²) in [5.74, 6) is 0.101. The molecule has 0 aliphatic heterocycles. The van der Waals surface area contributed by atoms with Crippen LogP contribution in [0.25, 0.3) is 0 Å². The van der Waals surface area contributed by atoms with Crippen molar-refractivity contribution in [3.05, 3.63) is 0 Å². The highest BCUT2D eigenvalue weighted by Crippen LogP contribution is 2.15. The van der Waals surface area contributed by atoms with Crippen LogP contribution >= 0.6 is 0 Å². The van der Waals surface area contributed by atoms with E-state index in [1.807, 2.05) is 7.05 Å². The molecule has 0 spiro atoms. The van der Waals surface area contributed by atoms with E-state index in [4.69, 9.17) is 4.74 Å². The molecule has 0 atom stereocenters. The molecule has 274 valence electrons. The van der Waals surface area contributed by atoms with E-state index >= 15 is 0 Å². The highest BCUT2D eigenvalue weighted by molar-refractivity contribution is 5.75. The fourth-order valence-electron chi connectivity index (χ4n) is 6.29. The summed E-state index contributed by atoms with van der Waals surface area (Å²) in [6.07, 6.45) is 40.9. The molecule has 0 bridgehead atoms. The third-order valence-electron chi connectivity index (χ3n) is 9.52. The molecule has 46 heavy (non-hydrogen) atoms. The molecule has 0 aliphatic rings. The average Bonchev–Trinajstić information content (AvgIpc) is 3.04. The monoisotopic (exact) mass is 651 g/mol. The van der Waals surface area contributed by atoms with Gasteiger partial charge < -0.3 is 15.0 Å². The zero-order valence-electron chi connectivity index (χ0n) is 31.6. The van der Waals surface area contributed by atoms with E-state index in [0.29, 0.717) is 19.4 Å². The molecule has 0 aromatic heterocycles. The highest BCUT2D eigenvalue weighted by Gasteiger charge is 2.06. The normalized spacial score (nSPS) is 11.4. The summed E-state index contributed by atoms with van der Waals surface area (Å²) in [6, 6.07) is 0. The molecule has 1 N–H and O–H groups in total. The second-order valence-corrected chi connectivity index (χ2v) is 14.3. The van der Waals surface area contributed by atoms with Crippen molar-refractivity contribution in [1.82, 2.24) is 10.2 Å². The zero-order chi connectivity index (χ0) is 33.6. The number of likely N-dealkylation sites (N-methyl/N-ethyl adjacent to an activating group) is 1. The van der Waals surface area contributed by atoms with Crippen molar-refractivity contribution in [2.45, 2.75) is 219 Å². The molecule has 1 amide bonds. The van der Waals surface area contributed by atoms with Crippen LogP contribution < -0.4 is 5.32 Å². The number of nitrogens with one attached hydrogen (secondary N) is 1. The van der Waals surface area contributed by atoms with Crippen LogP contribution in [-0.2, 0) is 14.3 Å². The number of carbonyl (C=O) groups is 2. The Morgan fingerprint density at radius 3 is 1.24 bits per heavy atom. The van der Waals surface area contributed by atoms with Crippen LogP contribution in [0.2, 0.25) is 0 Å². The van der Waals surface area contributed by atoms with E-state index < -0.39 is 0 Å². The van der Waals surface area contributed by atoms with Gasteiger partial charge in [0.2, 0.25) is 5.91 Å².